The lowest BCUT2D eigenvalue weighted by molar-refractivity contribution is 0.282. The Hall–Kier alpha value is -0.950. The highest BCUT2D eigenvalue weighted by molar-refractivity contribution is 7.89. The molecule has 0 saturated carbocycles. The van der Waals surface area contributed by atoms with E-state index in [9.17, 15) is 8.42 Å². The Morgan fingerprint density at radius 2 is 1.79 bits per heavy atom. The normalized spacial score (nSPS) is 16.9. The molecule has 2 N–H and O–H groups in total. The van der Waals surface area contributed by atoms with Crippen LogP contribution in [0.1, 0.15) is 18.4 Å². The minimum Gasteiger partial charge on any atom is -0.392 e. The van der Waals surface area contributed by atoms with Crippen molar-refractivity contribution in [2.45, 2.75) is 24.3 Å². The molecule has 1 aliphatic heterocycles. The second-order valence-electron chi connectivity index (χ2n) is 4.75. The van der Waals surface area contributed by atoms with Gasteiger partial charge in [0.2, 0.25) is 10.0 Å². The molecule has 0 amide bonds. The fourth-order valence-electron chi connectivity index (χ4n) is 2.20. The first-order chi connectivity index (χ1) is 9.12. The zero-order valence-electron chi connectivity index (χ0n) is 10.9. The van der Waals surface area contributed by atoms with Crippen molar-refractivity contribution in [1.29, 1.82) is 0 Å². The van der Waals surface area contributed by atoms with Crippen molar-refractivity contribution in [2.24, 2.45) is 0 Å². The molecular weight excluding hydrogens is 264 g/mol. The number of sulfonamides is 1. The predicted molar refractivity (Wildman–Crippen MR) is 73.2 cm³/mol. The summed E-state index contributed by atoms with van der Waals surface area (Å²) in [6.07, 6.45) is 2.41. The first-order valence-corrected chi connectivity index (χ1v) is 8.02. The van der Waals surface area contributed by atoms with Gasteiger partial charge in [-0.15, -0.1) is 0 Å². The largest absolute Gasteiger partial charge is 0.392 e. The molecule has 6 heteroatoms. The molecule has 1 aliphatic rings. The van der Waals surface area contributed by atoms with E-state index in [1.165, 1.54) is 25.0 Å². The van der Waals surface area contributed by atoms with Crippen LogP contribution in [0.15, 0.2) is 29.2 Å². The van der Waals surface area contributed by atoms with Crippen molar-refractivity contribution in [3.8, 4) is 0 Å². The molecule has 0 radical (unpaired) electrons. The second-order valence-corrected chi connectivity index (χ2v) is 6.52. The lowest BCUT2D eigenvalue weighted by atomic mass is 10.2. The summed E-state index contributed by atoms with van der Waals surface area (Å²) < 4.78 is 26.6. The van der Waals surface area contributed by atoms with E-state index < -0.39 is 10.0 Å². The van der Waals surface area contributed by atoms with Gasteiger partial charge in [0.05, 0.1) is 11.5 Å². The fourth-order valence-corrected chi connectivity index (χ4v) is 3.22. The summed E-state index contributed by atoms with van der Waals surface area (Å²) in [5.41, 5.74) is 0.705. The van der Waals surface area contributed by atoms with Gasteiger partial charge in [0.1, 0.15) is 0 Å². The predicted octanol–water partition coefficient (Wildman–Crippen LogP) is 0.553. The Labute approximate surface area is 114 Å². The molecule has 0 aromatic heterocycles. The van der Waals surface area contributed by atoms with E-state index in [0.717, 1.165) is 19.6 Å². The van der Waals surface area contributed by atoms with Crippen molar-refractivity contribution in [2.75, 3.05) is 26.2 Å². The highest BCUT2D eigenvalue weighted by atomic mass is 32.2. The number of rotatable bonds is 6. The Balaban J connectivity index is 1.89. The number of aliphatic hydroxyl groups excluding tert-OH is 1. The van der Waals surface area contributed by atoms with Gasteiger partial charge in [0.15, 0.2) is 0 Å². The Morgan fingerprint density at radius 3 is 2.37 bits per heavy atom. The maximum atomic E-state index is 12.0. The van der Waals surface area contributed by atoms with Crippen molar-refractivity contribution in [1.82, 2.24) is 9.62 Å². The highest BCUT2D eigenvalue weighted by Gasteiger charge is 2.15. The third-order valence-electron chi connectivity index (χ3n) is 3.34. The number of nitrogens with one attached hydrogen (secondary N) is 1. The monoisotopic (exact) mass is 284 g/mol. The fraction of sp³-hybridized carbons (Fsp3) is 0.538. The van der Waals surface area contributed by atoms with E-state index in [4.69, 9.17) is 5.11 Å². The van der Waals surface area contributed by atoms with E-state index in [0.29, 0.717) is 12.1 Å². The Kier molecular flexibility index (Phi) is 4.93. The maximum Gasteiger partial charge on any atom is 0.240 e. The molecule has 5 nitrogen and oxygen atoms in total. The van der Waals surface area contributed by atoms with E-state index in [1.54, 1.807) is 12.1 Å². The summed E-state index contributed by atoms with van der Waals surface area (Å²) in [4.78, 5) is 2.50. The average molecular weight is 284 g/mol. The van der Waals surface area contributed by atoms with Crippen LogP contribution in [0.5, 0.6) is 0 Å². The summed E-state index contributed by atoms with van der Waals surface area (Å²) in [5.74, 6) is 0. The van der Waals surface area contributed by atoms with E-state index >= 15 is 0 Å². The average Bonchev–Trinajstić information content (AvgIpc) is 2.92. The van der Waals surface area contributed by atoms with Gasteiger partial charge in [-0.3, -0.25) is 0 Å². The molecule has 1 fully saturated rings. The quantitative estimate of drug-likeness (QED) is 0.800. The van der Waals surface area contributed by atoms with Crippen LogP contribution in [-0.2, 0) is 16.6 Å². The number of hydrogen-bond donors (Lipinski definition) is 2. The topological polar surface area (TPSA) is 69.6 Å². The molecule has 106 valence electrons. The van der Waals surface area contributed by atoms with Gasteiger partial charge in [0, 0.05) is 13.1 Å². The molecule has 0 bridgehead atoms. The molecular formula is C13H20N2O3S. The van der Waals surface area contributed by atoms with Crippen molar-refractivity contribution < 1.29 is 13.5 Å². The van der Waals surface area contributed by atoms with Crippen LogP contribution in [0.25, 0.3) is 0 Å². The van der Waals surface area contributed by atoms with Gasteiger partial charge in [-0.05, 0) is 43.6 Å². The summed E-state index contributed by atoms with van der Waals surface area (Å²) in [6, 6.07) is 6.28. The molecule has 0 spiro atoms. The van der Waals surface area contributed by atoms with Gasteiger partial charge in [0.25, 0.3) is 0 Å². The van der Waals surface area contributed by atoms with Crippen LogP contribution in [0, 0.1) is 0 Å². The van der Waals surface area contributed by atoms with Crippen LogP contribution in [0.4, 0.5) is 0 Å². The zero-order valence-corrected chi connectivity index (χ0v) is 11.7. The third kappa shape index (κ3) is 4.01. The number of hydrogen-bond acceptors (Lipinski definition) is 4. The molecule has 1 aromatic rings. The number of benzene rings is 1. The van der Waals surface area contributed by atoms with Gasteiger partial charge in [-0.2, -0.15) is 0 Å². The minimum absolute atomic E-state index is 0.0806. The first kappa shape index (κ1) is 14.5. The summed E-state index contributed by atoms with van der Waals surface area (Å²) in [7, 11) is -3.44. The van der Waals surface area contributed by atoms with Crippen LogP contribution < -0.4 is 4.72 Å². The smallest absolute Gasteiger partial charge is 0.240 e. The molecule has 19 heavy (non-hydrogen) atoms. The summed E-state index contributed by atoms with van der Waals surface area (Å²) in [6.45, 7) is 3.24. The second kappa shape index (κ2) is 6.47. The molecule has 1 aromatic carbocycles. The molecule has 2 rings (SSSR count). The lowest BCUT2D eigenvalue weighted by Crippen LogP contribution is -2.33. The van der Waals surface area contributed by atoms with Gasteiger partial charge >= 0.3 is 0 Å². The van der Waals surface area contributed by atoms with Crippen molar-refractivity contribution in [3.05, 3.63) is 29.8 Å². The zero-order chi connectivity index (χ0) is 13.7. The molecule has 0 aliphatic carbocycles. The van der Waals surface area contributed by atoms with E-state index in [1.807, 2.05) is 0 Å². The van der Waals surface area contributed by atoms with Gasteiger partial charge in [-0.1, -0.05) is 12.1 Å². The van der Waals surface area contributed by atoms with Gasteiger partial charge < -0.3 is 10.0 Å². The number of aliphatic hydroxyl groups is 1. The SMILES string of the molecule is O=S(=O)(NCCN1CCCC1)c1ccc(CO)cc1. The molecule has 0 atom stereocenters. The standard InChI is InChI=1S/C13H20N2O3S/c16-11-12-3-5-13(6-4-12)19(17,18)14-7-10-15-8-1-2-9-15/h3-6,14,16H,1-2,7-11H2. The first-order valence-electron chi connectivity index (χ1n) is 6.53. The molecule has 1 saturated heterocycles. The summed E-state index contributed by atoms with van der Waals surface area (Å²) >= 11 is 0. The van der Waals surface area contributed by atoms with Crippen LogP contribution in [0.2, 0.25) is 0 Å². The Bertz CT molecular complexity index is 493. The van der Waals surface area contributed by atoms with Gasteiger partial charge in [-0.25, -0.2) is 13.1 Å². The van der Waals surface area contributed by atoms with E-state index in [-0.39, 0.29) is 11.5 Å². The summed E-state index contributed by atoms with van der Waals surface area (Å²) in [5, 5.41) is 8.92. The molecule has 1 heterocycles. The van der Waals surface area contributed by atoms with Crippen LogP contribution in [0.3, 0.4) is 0 Å². The third-order valence-corrected chi connectivity index (χ3v) is 4.81. The molecule has 0 unspecified atom stereocenters. The maximum absolute atomic E-state index is 12.0. The Morgan fingerprint density at radius 1 is 1.16 bits per heavy atom. The van der Waals surface area contributed by atoms with E-state index in [2.05, 4.69) is 9.62 Å². The van der Waals surface area contributed by atoms with Crippen LogP contribution >= 0.6 is 0 Å². The number of nitrogens with zero attached hydrogens (tertiary/aromatic N) is 1. The van der Waals surface area contributed by atoms with Crippen LogP contribution in [-0.4, -0.2) is 44.6 Å². The lowest BCUT2D eigenvalue weighted by Gasteiger charge is -2.14. The van der Waals surface area contributed by atoms with Crippen molar-refractivity contribution in [3.63, 3.8) is 0 Å². The minimum atomic E-state index is -3.44. The van der Waals surface area contributed by atoms with Crippen molar-refractivity contribution >= 4 is 10.0 Å². The highest BCUT2D eigenvalue weighted by Crippen LogP contribution is 2.11. The number of likely N-dealkylation sites (tertiary alicyclic amines) is 1.